The van der Waals surface area contributed by atoms with Gasteiger partial charge in [0.2, 0.25) is 0 Å². The molecule has 0 aromatic carbocycles. The molecule has 5 atom stereocenters. The number of halogens is 1. The Morgan fingerprint density at radius 3 is 2.64 bits per heavy atom. The van der Waals surface area contributed by atoms with Gasteiger partial charge in [-0.1, -0.05) is 20.8 Å². The standard InChI is InChI=1S/C12H20FN/c1-12(2,3)10-7-6-9(7)14-5-4-8(13)11(10)14/h7-11H,4-6H2,1-3H3. The molecular formula is C12H20FN. The zero-order chi connectivity index (χ0) is 10.1. The summed E-state index contributed by atoms with van der Waals surface area (Å²) in [6, 6.07) is 1.02. The molecule has 2 aliphatic heterocycles. The summed E-state index contributed by atoms with van der Waals surface area (Å²) in [5.74, 6) is 1.42. The van der Waals surface area contributed by atoms with Crippen LogP contribution in [0.1, 0.15) is 33.6 Å². The summed E-state index contributed by atoms with van der Waals surface area (Å²) in [7, 11) is 0. The van der Waals surface area contributed by atoms with Crippen molar-refractivity contribution in [2.24, 2.45) is 17.3 Å². The van der Waals surface area contributed by atoms with Gasteiger partial charge in [0.1, 0.15) is 6.17 Å². The van der Waals surface area contributed by atoms with Gasteiger partial charge in [-0.2, -0.15) is 0 Å². The topological polar surface area (TPSA) is 3.24 Å². The molecule has 0 N–H and O–H groups in total. The molecule has 2 heteroatoms. The van der Waals surface area contributed by atoms with Crippen LogP contribution in [0, 0.1) is 17.3 Å². The number of rotatable bonds is 0. The Balaban J connectivity index is 1.91. The van der Waals surface area contributed by atoms with E-state index >= 15 is 0 Å². The lowest BCUT2D eigenvalue weighted by molar-refractivity contribution is 0.0989. The molecule has 2 heterocycles. The van der Waals surface area contributed by atoms with Crippen molar-refractivity contribution in [3.05, 3.63) is 0 Å². The van der Waals surface area contributed by atoms with Gasteiger partial charge in [-0.25, -0.2) is 4.39 Å². The second-order valence-corrected chi connectivity index (χ2v) is 6.39. The second-order valence-electron chi connectivity index (χ2n) is 6.39. The molecule has 0 radical (unpaired) electrons. The first-order valence-corrected chi connectivity index (χ1v) is 5.90. The molecule has 3 aliphatic rings. The summed E-state index contributed by atoms with van der Waals surface area (Å²) in [6.45, 7) is 7.85. The Morgan fingerprint density at radius 2 is 2.00 bits per heavy atom. The first kappa shape index (κ1) is 9.14. The fraction of sp³-hybridized carbons (Fsp3) is 1.00. The molecule has 0 amide bonds. The van der Waals surface area contributed by atoms with E-state index in [2.05, 4.69) is 25.7 Å². The molecular weight excluding hydrogens is 177 g/mol. The number of nitrogens with zero attached hydrogens (tertiary/aromatic N) is 1. The van der Waals surface area contributed by atoms with E-state index in [4.69, 9.17) is 0 Å². The minimum atomic E-state index is -0.549. The maximum absolute atomic E-state index is 13.8. The van der Waals surface area contributed by atoms with Gasteiger partial charge in [-0.05, 0) is 30.1 Å². The van der Waals surface area contributed by atoms with Gasteiger partial charge in [-0.15, -0.1) is 0 Å². The molecule has 0 aromatic rings. The Hall–Kier alpha value is -0.110. The Bertz CT molecular complexity index is 258. The van der Waals surface area contributed by atoms with Crippen LogP contribution in [0.25, 0.3) is 0 Å². The summed E-state index contributed by atoms with van der Waals surface area (Å²) in [6.07, 6.45) is 1.57. The minimum absolute atomic E-state index is 0.263. The molecule has 1 saturated carbocycles. The number of alkyl halides is 1. The first-order valence-electron chi connectivity index (χ1n) is 5.90. The van der Waals surface area contributed by atoms with Crippen LogP contribution in [0.2, 0.25) is 0 Å². The van der Waals surface area contributed by atoms with Crippen molar-refractivity contribution >= 4 is 0 Å². The van der Waals surface area contributed by atoms with Crippen molar-refractivity contribution in [3.63, 3.8) is 0 Å². The third-order valence-electron chi connectivity index (χ3n) is 4.48. The predicted molar refractivity (Wildman–Crippen MR) is 54.8 cm³/mol. The second kappa shape index (κ2) is 2.52. The fourth-order valence-electron chi connectivity index (χ4n) is 3.99. The zero-order valence-electron chi connectivity index (χ0n) is 9.33. The SMILES string of the molecule is CC(C)(C)C1C2CC2N2CCC(F)C12. The van der Waals surface area contributed by atoms with Crippen molar-refractivity contribution in [3.8, 4) is 0 Å². The van der Waals surface area contributed by atoms with Crippen molar-refractivity contribution in [2.75, 3.05) is 6.54 Å². The van der Waals surface area contributed by atoms with Crippen molar-refractivity contribution in [1.82, 2.24) is 4.90 Å². The van der Waals surface area contributed by atoms with Gasteiger partial charge >= 0.3 is 0 Å². The Labute approximate surface area is 85.7 Å². The van der Waals surface area contributed by atoms with E-state index in [0.717, 1.165) is 24.9 Å². The number of hydrogen-bond donors (Lipinski definition) is 0. The third-order valence-corrected chi connectivity index (χ3v) is 4.48. The van der Waals surface area contributed by atoms with Crippen molar-refractivity contribution in [1.29, 1.82) is 0 Å². The molecule has 14 heavy (non-hydrogen) atoms. The lowest BCUT2D eigenvalue weighted by Crippen LogP contribution is -2.41. The maximum Gasteiger partial charge on any atom is 0.117 e. The highest BCUT2D eigenvalue weighted by Crippen LogP contribution is 2.60. The summed E-state index contributed by atoms with van der Waals surface area (Å²) >= 11 is 0. The third kappa shape index (κ3) is 1.04. The lowest BCUT2D eigenvalue weighted by Gasteiger charge is -2.35. The van der Waals surface area contributed by atoms with Crippen LogP contribution in [-0.4, -0.2) is 29.7 Å². The first-order chi connectivity index (χ1) is 6.50. The van der Waals surface area contributed by atoms with Gasteiger partial charge in [-0.3, -0.25) is 4.90 Å². The molecule has 0 bridgehead atoms. The van der Waals surface area contributed by atoms with Crippen LogP contribution in [0.3, 0.4) is 0 Å². The Kier molecular flexibility index (Phi) is 1.65. The molecule has 1 aliphatic carbocycles. The zero-order valence-corrected chi connectivity index (χ0v) is 9.33. The Morgan fingerprint density at radius 1 is 1.29 bits per heavy atom. The van der Waals surface area contributed by atoms with Crippen molar-refractivity contribution < 1.29 is 4.39 Å². The molecule has 0 spiro atoms. The number of fused-ring (bicyclic) bond motifs is 3. The number of piperidine rings is 1. The summed E-state index contributed by atoms with van der Waals surface area (Å²) < 4.78 is 13.8. The van der Waals surface area contributed by atoms with Crippen LogP contribution in [-0.2, 0) is 0 Å². The fourth-order valence-corrected chi connectivity index (χ4v) is 3.99. The van der Waals surface area contributed by atoms with Crippen LogP contribution in [0.4, 0.5) is 4.39 Å². The van der Waals surface area contributed by atoms with Gasteiger partial charge in [0.05, 0.1) is 0 Å². The molecule has 2 saturated heterocycles. The highest BCUT2D eigenvalue weighted by atomic mass is 19.1. The molecule has 5 unspecified atom stereocenters. The van der Waals surface area contributed by atoms with Crippen LogP contribution in [0.15, 0.2) is 0 Å². The largest absolute Gasteiger partial charge is 0.294 e. The molecule has 3 fully saturated rings. The lowest BCUT2D eigenvalue weighted by atomic mass is 9.73. The quantitative estimate of drug-likeness (QED) is 0.576. The van der Waals surface area contributed by atoms with Crippen molar-refractivity contribution in [2.45, 2.75) is 51.9 Å². The van der Waals surface area contributed by atoms with Crippen LogP contribution < -0.4 is 0 Å². The summed E-state index contributed by atoms with van der Waals surface area (Å²) in [5, 5.41) is 0. The van der Waals surface area contributed by atoms with Gasteiger partial charge in [0.15, 0.2) is 0 Å². The summed E-state index contributed by atoms with van der Waals surface area (Å²) in [4.78, 5) is 2.46. The van der Waals surface area contributed by atoms with Crippen LogP contribution in [0.5, 0.6) is 0 Å². The molecule has 0 aromatic heterocycles. The van der Waals surface area contributed by atoms with E-state index < -0.39 is 6.17 Å². The molecule has 3 rings (SSSR count). The van der Waals surface area contributed by atoms with Gasteiger partial charge in [0, 0.05) is 18.6 Å². The van der Waals surface area contributed by atoms with E-state index in [1.54, 1.807) is 0 Å². The monoisotopic (exact) mass is 197 g/mol. The molecule has 80 valence electrons. The van der Waals surface area contributed by atoms with E-state index in [-0.39, 0.29) is 11.5 Å². The minimum Gasteiger partial charge on any atom is -0.294 e. The van der Waals surface area contributed by atoms with Gasteiger partial charge in [0.25, 0.3) is 0 Å². The normalized spacial score (nSPS) is 51.9. The number of hydrogen-bond acceptors (Lipinski definition) is 1. The highest BCUT2D eigenvalue weighted by molar-refractivity contribution is 5.17. The average molecular weight is 197 g/mol. The predicted octanol–water partition coefficient (Wildman–Crippen LogP) is 2.46. The van der Waals surface area contributed by atoms with E-state index in [1.165, 1.54) is 6.42 Å². The summed E-state index contributed by atoms with van der Waals surface area (Å²) in [5.41, 5.74) is 0.285. The van der Waals surface area contributed by atoms with Crippen LogP contribution >= 0.6 is 0 Å². The smallest absolute Gasteiger partial charge is 0.117 e. The van der Waals surface area contributed by atoms with Gasteiger partial charge < -0.3 is 0 Å². The van der Waals surface area contributed by atoms with E-state index in [9.17, 15) is 4.39 Å². The molecule has 1 nitrogen and oxygen atoms in total. The maximum atomic E-state index is 13.8. The van der Waals surface area contributed by atoms with E-state index in [0.29, 0.717) is 5.92 Å². The highest BCUT2D eigenvalue weighted by Gasteiger charge is 2.64. The van der Waals surface area contributed by atoms with E-state index in [1.807, 2.05) is 0 Å². The average Bonchev–Trinajstić information content (AvgIpc) is 2.61.